The van der Waals surface area contributed by atoms with Gasteiger partial charge in [0.2, 0.25) is 0 Å². The number of non-ortho nitro benzene ring substituents is 1. The first-order valence-electron chi connectivity index (χ1n) is 7.80. The molecule has 5 nitrogen and oxygen atoms in total. The zero-order valence-electron chi connectivity index (χ0n) is 13.1. The molecular weight excluding hydrogens is 292 g/mol. The molecule has 1 heterocycles. The summed E-state index contributed by atoms with van der Waals surface area (Å²) < 4.78 is 5.87. The van der Waals surface area contributed by atoms with Gasteiger partial charge in [0, 0.05) is 31.3 Å². The standard InChI is InChI=1S/C18H20N2O3/c1-14(15-5-3-2-4-6-15)19-11-12-23-18(13-19)16-7-9-17(10-8-16)20(21)22/h2-10,14,18H,11-13H2,1H3/t14-,18-/m0/s1. The lowest BCUT2D eigenvalue weighted by Crippen LogP contribution is -2.39. The Kier molecular flexibility index (Phi) is 4.69. The normalized spacial score (nSPS) is 20.1. The maximum Gasteiger partial charge on any atom is 0.269 e. The summed E-state index contributed by atoms with van der Waals surface area (Å²) in [4.78, 5) is 12.8. The molecule has 1 aliphatic rings. The predicted molar refractivity (Wildman–Crippen MR) is 88.2 cm³/mol. The Morgan fingerprint density at radius 1 is 1.17 bits per heavy atom. The number of benzene rings is 2. The van der Waals surface area contributed by atoms with E-state index in [1.807, 2.05) is 6.07 Å². The second kappa shape index (κ2) is 6.89. The van der Waals surface area contributed by atoms with Crippen molar-refractivity contribution < 1.29 is 9.66 Å². The summed E-state index contributed by atoms with van der Waals surface area (Å²) in [6, 6.07) is 17.4. The van der Waals surface area contributed by atoms with Crippen molar-refractivity contribution in [3.05, 3.63) is 75.8 Å². The second-order valence-corrected chi connectivity index (χ2v) is 5.79. The quantitative estimate of drug-likeness (QED) is 0.637. The van der Waals surface area contributed by atoms with Crippen molar-refractivity contribution in [3.8, 4) is 0 Å². The smallest absolute Gasteiger partial charge is 0.269 e. The van der Waals surface area contributed by atoms with Crippen LogP contribution in [0.4, 0.5) is 5.69 Å². The van der Waals surface area contributed by atoms with Gasteiger partial charge in [-0.05, 0) is 30.2 Å². The molecular formula is C18H20N2O3. The molecule has 1 aliphatic heterocycles. The lowest BCUT2D eigenvalue weighted by atomic mass is 10.0. The van der Waals surface area contributed by atoms with Crippen molar-refractivity contribution >= 4 is 5.69 Å². The molecule has 0 amide bonds. The van der Waals surface area contributed by atoms with E-state index in [0.29, 0.717) is 12.6 Å². The van der Waals surface area contributed by atoms with E-state index >= 15 is 0 Å². The van der Waals surface area contributed by atoms with Crippen LogP contribution in [0.15, 0.2) is 54.6 Å². The van der Waals surface area contributed by atoms with Crippen LogP contribution in [0.25, 0.3) is 0 Å². The molecule has 2 aromatic carbocycles. The number of nitrogens with zero attached hydrogens (tertiary/aromatic N) is 2. The van der Waals surface area contributed by atoms with Crippen LogP contribution in [0.1, 0.15) is 30.2 Å². The summed E-state index contributed by atoms with van der Waals surface area (Å²) in [6.45, 7) is 4.54. The highest BCUT2D eigenvalue weighted by Crippen LogP contribution is 2.29. The minimum absolute atomic E-state index is 0.0456. The molecule has 3 rings (SSSR count). The Bertz CT molecular complexity index is 658. The Hall–Kier alpha value is -2.24. The van der Waals surface area contributed by atoms with Gasteiger partial charge in [-0.1, -0.05) is 30.3 Å². The number of hydrogen-bond acceptors (Lipinski definition) is 4. The van der Waals surface area contributed by atoms with Crippen LogP contribution in [-0.2, 0) is 4.74 Å². The molecule has 1 saturated heterocycles. The van der Waals surface area contributed by atoms with Crippen LogP contribution < -0.4 is 0 Å². The van der Waals surface area contributed by atoms with Gasteiger partial charge in [-0.3, -0.25) is 15.0 Å². The van der Waals surface area contributed by atoms with Crippen LogP contribution in [0.2, 0.25) is 0 Å². The van der Waals surface area contributed by atoms with Crippen LogP contribution in [0.3, 0.4) is 0 Å². The lowest BCUT2D eigenvalue weighted by molar-refractivity contribution is -0.384. The van der Waals surface area contributed by atoms with Crippen LogP contribution in [0, 0.1) is 10.1 Å². The number of ether oxygens (including phenoxy) is 1. The van der Waals surface area contributed by atoms with Crippen molar-refractivity contribution in [1.82, 2.24) is 4.90 Å². The number of nitro benzene ring substituents is 1. The lowest BCUT2D eigenvalue weighted by Gasteiger charge is -2.37. The molecule has 1 fully saturated rings. The van der Waals surface area contributed by atoms with Crippen LogP contribution in [-0.4, -0.2) is 29.5 Å². The van der Waals surface area contributed by atoms with Gasteiger partial charge in [-0.2, -0.15) is 0 Å². The van der Waals surface area contributed by atoms with Crippen LogP contribution in [0.5, 0.6) is 0 Å². The van der Waals surface area contributed by atoms with E-state index in [0.717, 1.165) is 18.7 Å². The summed E-state index contributed by atoms with van der Waals surface area (Å²) in [5.41, 5.74) is 2.39. The molecule has 0 aliphatic carbocycles. The average Bonchev–Trinajstić information content (AvgIpc) is 2.62. The maximum atomic E-state index is 10.8. The molecule has 0 spiro atoms. The molecule has 2 atom stereocenters. The monoisotopic (exact) mass is 312 g/mol. The predicted octanol–water partition coefficient (Wildman–Crippen LogP) is 3.73. The van der Waals surface area contributed by atoms with Crippen molar-refractivity contribution in [3.63, 3.8) is 0 Å². The highest BCUT2D eigenvalue weighted by Gasteiger charge is 2.26. The number of hydrogen-bond donors (Lipinski definition) is 0. The Morgan fingerprint density at radius 2 is 1.87 bits per heavy atom. The summed E-state index contributed by atoms with van der Waals surface area (Å²) in [5, 5.41) is 10.8. The SMILES string of the molecule is C[C@@H](c1ccccc1)N1CCO[C@H](c2ccc([N+](=O)[O-])cc2)C1. The fourth-order valence-electron chi connectivity index (χ4n) is 2.98. The maximum absolute atomic E-state index is 10.8. The number of nitro groups is 1. The van der Waals surface area contributed by atoms with Crippen molar-refractivity contribution in [2.75, 3.05) is 19.7 Å². The van der Waals surface area contributed by atoms with E-state index in [-0.39, 0.29) is 16.7 Å². The molecule has 5 heteroatoms. The molecule has 0 N–H and O–H groups in total. The Labute approximate surface area is 135 Å². The molecule has 0 unspecified atom stereocenters. The van der Waals surface area contributed by atoms with Crippen molar-refractivity contribution in [2.45, 2.75) is 19.1 Å². The highest BCUT2D eigenvalue weighted by molar-refractivity contribution is 5.34. The summed E-state index contributed by atoms with van der Waals surface area (Å²) in [7, 11) is 0. The third-order valence-electron chi connectivity index (χ3n) is 4.40. The zero-order chi connectivity index (χ0) is 16.2. The van der Waals surface area contributed by atoms with Gasteiger partial charge in [0.05, 0.1) is 17.6 Å². The third kappa shape index (κ3) is 3.57. The summed E-state index contributed by atoms with van der Waals surface area (Å²) in [6.07, 6.45) is -0.0456. The third-order valence-corrected chi connectivity index (χ3v) is 4.40. The summed E-state index contributed by atoms with van der Waals surface area (Å²) in [5.74, 6) is 0. The minimum Gasteiger partial charge on any atom is -0.371 e. The van der Waals surface area contributed by atoms with Gasteiger partial charge >= 0.3 is 0 Å². The largest absolute Gasteiger partial charge is 0.371 e. The van der Waals surface area contributed by atoms with Gasteiger partial charge in [0.15, 0.2) is 0 Å². The minimum atomic E-state index is -0.380. The van der Waals surface area contributed by atoms with E-state index in [4.69, 9.17) is 4.74 Å². The van der Waals surface area contributed by atoms with E-state index in [1.165, 1.54) is 17.7 Å². The van der Waals surface area contributed by atoms with E-state index in [9.17, 15) is 10.1 Å². The van der Waals surface area contributed by atoms with E-state index in [1.54, 1.807) is 12.1 Å². The van der Waals surface area contributed by atoms with Gasteiger partial charge in [0.1, 0.15) is 0 Å². The molecule has 0 saturated carbocycles. The number of morpholine rings is 1. The highest BCUT2D eigenvalue weighted by atomic mass is 16.6. The topological polar surface area (TPSA) is 55.6 Å². The fourth-order valence-corrected chi connectivity index (χ4v) is 2.98. The molecule has 2 aromatic rings. The van der Waals surface area contributed by atoms with Crippen molar-refractivity contribution in [2.24, 2.45) is 0 Å². The Morgan fingerprint density at radius 3 is 2.52 bits per heavy atom. The van der Waals surface area contributed by atoms with Gasteiger partial charge in [0.25, 0.3) is 5.69 Å². The molecule has 120 valence electrons. The summed E-state index contributed by atoms with van der Waals surface area (Å²) >= 11 is 0. The first-order chi connectivity index (χ1) is 11.1. The molecule has 0 bridgehead atoms. The van der Waals surface area contributed by atoms with Crippen LogP contribution >= 0.6 is 0 Å². The van der Waals surface area contributed by atoms with Gasteiger partial charge < -0.3 is 4.74 Å². The molecule has 0 radical (unpaired) electrons. The average molecular weight is 312 g/mol. The van der Waals surface area contributed by atoms with E-state index in [2.05, 4.69) is 36.1 Å². The zero-order valence-corrected chi connectivity index (χ0v) is 13.1. The molecule has 23 heavy (non-hydrogen) atoms. The molecule has 0 aromatic heterocycles. The van der Waals surface area contributed by atoms with Gasteiger partial charge in [-0.25, -0.2) is 0 Å². The number of rotatable bonds is 4. The first kappa shape index (κ1) is 15.6. The fraction of sp³-hybridized carbons (Fsp3) is 0.333. The van der Waals surface area contributed by atoms with Crippen molar-refractivity contribution in [1.29, 1.82) is 0 Å². The second-order valence-electron chi connectivity index (χ2n) is 5.79. The first-order valence-corrected chi connectivity index (χ1v) is 7.80. The van der Waals surface area contributed by atoms with Gasteiger partial charge in [-0.15, -0.1) is 0 Å². The van der Waals surface area contributed by atoms with E-state index < -0.39 is 0 Å². The Balaban J connectivity index is 1.71.